The Kier molecular flexibility index (Phi) is 6.20. The fourth-order valence-electron chi connectivity index (χ4n) is 4.16. The number of fused-ring (bicyclic) bond motifs is 1. The molecule has 1 aliphatic carbocycles. The van der Waals surface area contributed by atoms with Crippen molar-refractivity contribution in [1.82, 2.24) is 9.97 Å². The molecule has 5 rings (SSSR count). The van der Waals surface area contributed by atoms with E-state index in [9.17, 15) is 13.2 Å². The molecule has 0 saturated heterocycles. The highest BCUT2D eigenvalue weighted by atomic mass is 35.5. The van der Waals surface area contributed by atoms with Crippen molar-refractivity contribution in [1.29, 1.82) is 0 Å². The molecule has 0 aliphatic heterocycles. The number of nitrogens with zero attached hydrogens (tertiary/aromatic N) is 2. The second kappa shape index (κ2) is 8.66. The zero-order chi connectivity index (χ0) is 22.5. The molecule has 2 aromatic carbocycles. The molecule has 4 nitrogen and oxygen atoms in total. The number of furan rings is 1. The van der Waals surface area contributed by atoms with Crippen LogP contribution < -0.4 is 5.73 Å². The van der Waals surface area contributed by atoms with E-state index in [0.29, 0.717) is 22.5 Å². The Morgan fingerprint density at radius 1 is 0.970 bits per heavy atom. The molecule has 4 aromatic rings. The van der Waals surface area contributed by atoms with E-state index in [-0.39, 0.29) is 34.2 Å². The number of nitrogens with two attached hydrogens (primary N) is 1. The maximum Gasteiger partial charge on any atom is 0.434 e. The molecule has 1 aliphatic rings. The molecule has 172 valence electrons. The first kappa shape index (κ1) is 23.6. The standard InChI is InChI=1S/C24H20F3N3OS.ClH/c1-32-22-29-20(24(25,26)27)18-17(14-6-3-2-4-7-14)19(31-21(18)30-22)15-8-10-16(11-9-15)23(28)12-5-13-23;/h2-4,6-11H,5,12-13,28H2,1H3;1H. The summed E-state index contributed by atoms with van der Waals surface area (Å²) in [6, 6.07) is 16.4. The first-order valence-corrected chi connectivity index (χ1v) is 11.4. The Bertz CT molecular complexity index is 1290. The van der Waals surface area contributed by atoms with Gasteiger partial charge in [0.05, 0.1) is 5.39 Å². The third-order valence-corrected chi connectivity index (χ3v) is 6.56. The molecule has 2 N–H and O–H groups in total. The lowest BCUT2D eigenvalue weighted by Gasteiger charge is -2.38. The Hall–Kier alpha value is -2.55. The van der Waals surface area contributed by atoms with Crippen LogP contribution in [0.4, 0.5) is 13.2 Å². The van der Waals surface area contributed by atoms with Crippen molar-refractivity contribution in [2.75, 3.05) is 6.26 Å². The predicted octanol–water partition coefficient (Wildman–Crippen LogP) is 7.06. The lowest BCUT2D eigenvalue weighted by Crippen LogP contribution is -2.43. The van der Waals surface area contributed by atoms with Crippen molar-refractivity contribution in [2.45, 2.75) is 36.1 Å². The van der Waals surface area contributed by atoms with E-state index in [4.69, 9.17) is 10.2 Å². The molecule has 2 aromatic heterocycles. The molecule has 0 atom stereocenters. The minimum Gasteiger partial charge on any atom is -0.437 e. The number of hydrogen-bond donors (Lipinski definition) is 1. The van der Waals surface area contributed by atoms with Gasteiger partial charge >= 0.3 is 6.18 Å². The van der Waals surface area contributed by atoms with Crippen molar-refractivity contribution in [3.63, 3.8) is 0 Å². The number of thioether (sulfide) groups is 1. The van der Waals surface area contributed by atoms with Crippen molar-refractivity contribution in [3.8, 4) is 22.5 Å². The largest absolute Gasteiger partial charge is 0.437 e. The predicted molar refractivity (Wildman–Crippen MR) is 126 cm³/mol. The molecule has 0 amide bonds. The van der Waals surface area contributed by atoms with E-state index in [0.717, 1.165) is 36.6 Å². The van der Waals surface area contributed by atoms with Crippen LogP contribution in [0.1, 0.15) is 30.5 Å². The molecular formula is C24H21ClF3N3OS. The van der Waals surface area contributed by atoms with Crippen LogP contribution in [0.3, 0.4) is 0 Å². The summed E-state index contributed by atoms with van der Waals surface area (Å²) >= 11 is 1.04. The third kappa shape index (κ3) is 4.11. The van der Waals surface area contributed by atoms with Gasteiger partial charge in [-0.15, -0.1) is 12.4 Å². The average Bonchev–Trinajstić information content (AvgIpc) is 3.16. The normalized spacial score (nSPS) is 15.2. The maximum atomic E-state index is 14.0. The first-order valence-electron chi connectivity index (χ1n) is 10.2. The van der Waals surface area contributed by atoms with Crippen LogP contribution in [0, 0.1) is 0 Å². The van der Waals surface area contributed by atoms with Crippen LogP contribution in [0.2, 0.25) is 0 Å². The molecule has 0 radical (unpaired) electrons. The third-order valence-electron chi connectivity index (χ3n) is 6.01. The molecule has 9 heteroatoms. The van der Waals surface area contributed by atoms with Crippen molar-refractivity contribution < 1.29 is 17.6 Å². The highest BCUT2D eigenvalue weighted by Gasteiger charge is 2.39. The van der Waals surface area contributed by atoms with Gasteiger partial charge in [-0.3, -0.25) is 0 Å². The fourth-order valence-corrected chi connectivity index (χ4v) is 4.52. The lowest BCUT2D eigenvalue weighted by molar-refractivity contribution is -0.140. The van der Waals surface area contributed by atoms with Gasteiger partial charge in [0, 0.05) is 16.7 Å². The Morgan fingerprint density at radius 3 is 2.18 bits per heavy atom. The second-order valence-electron chi connectivity index (χ2n) is 8.00. The number of benzene rings is 2. The summed E-state index contributed by atoms with van der Waals surface area (Å²) in [5, 5.41) is -0.120. The Balaban J connectivity index is 0.00000259. The molecule has 0 bridgehead atoms. The van der Waals surface area contributed by atoms with Crippen LogP contribution in [0.15, 0.2) is 64.2 Å². The average molecular weight is 492 g/mol. The van der Waals surface area contributed by atoms with Crippen molar-refractivity contribution in [3.05, 3.63) is 65.9 Å². The number of aromatic nitrogens is 2. The minimum atomic E-state index is -4.66. The summed E-state index contributed by atoms with van der Waals surface area (Å²) in [4.78, 5) is 8.04. The summed E-state index contributed by atoms with van der Waals surface area (Å²) < 4.78 is 48.0. The van der Waals surface area contributed by atoms with Crippen LogP contribution in [-0.4, -0.2) is 16.2 Å². The quantitative estimate of drug-likeness (QED) is 0.244. The first-order chi connectivity index (χ1) is 15.3. The molecule has 33 heavy (non-hydrogen) atoms. The molecule has 1 saturated carbocycles. The second-order valence-corrected chi connectivity index (χ2v) is 8.77. The van der Waals surface area contributed by atoms with Gasteiger partial charge in [-0.1, -0.05) is 66.4 Å². The van der Waals surface area contributed by atoms with E-state index >= 15 is 0 Å². The zero-order valence-electron chi connectivity index (χ0n) is 17.6. The summed E-state index contributed by atoms with van der Waals surface area (Å²) in [5.41, 5.74) is 7.64. The van der Waals surface area contributed by atoms with Gasteiger partial charge in [0.1, 0.15) is 5.76 Å². The van der Waals surface area contributed by atoms with E-state index < -0.39 is 11.9 Å². The highest BCUT2D eigenvalue weighted by Crippen LogP contribution is 2.46. The van der Waals surface area contributed by atoms with Crippen LogP contribution in [0.5, 0.6) is 0 Å². The number of halogens is 4. The molecule has 0 unspecified atom stereocenters. The zero-order valence-corrected chi connectivity index (χ0v) is 19.3. The SMILES string of the molecule is CSc1nc(C(F)(F)F)c2c(-c3ccccc3)c(-c3ccc(C4(N)CCC4)cc3)oc2n1.Cl. The van der Waals surface area contributed by atoms with E-state index in [1.54, 1.807) is 30.5 Å². The van der Waals surface area contributed by atoms with E-state index in [1.165, 1.54) is 0 Å². The van der Waals surface area contributed by atoms with E-state index in [2.05, 4.69) is 9.97 Å². The summed E-state index contributed by atoms with van der Waals surface area (Å²) in [6.45, 7) is 0. The Labute approximate surface area is 199 Å². The molecule has 1 fully saturated rings. The van der Waals surface area contributed by atoms with Crippen LogP contribution in [-0.2, 0) is 11.7 Å². The summed E-state index contributed by atoms with van der Waals surface area (Å²) in [7, 11) is 0. The number of hydrogen-bond acceptors (Lipinski definition) is 5. The van der Waals surface area contributed by atoms with Gasteiger partial charge in [-0.2, -0.15) is 18.2 Å². The molecule has 2 heterocycles. The Morgan fingerprint density at radius 2 is 1.64 bits per heavy atom. The van der Waals surface area contributed by atoms with Gasteiger partial charge in [-0.25, -0.2) is 4.98 Å². The van der Waals surface area contributed by atoms with Gasteiger partial charge in [0.15, 0.2) is 10.9 Å². The van der Waals surface area contributed by atoms with Gasteiger partial charge < -0.3 is 10.2 Å². The van der Waals surface area contributed by atoms with Crippen molar-refractivity contribution >= 4 is 35.3 Å². The topological polar surface area (TPSA) is 64.9 Å². The van der Waals surface area contributed by atoms with Gasteiger partial charge in [0.2, 0.25) is 5.71 Å². The van der Waals surface area contributed by atoms with Crippen LogP contribution >= 0.6 is 24.2 Å². The fraction of sp³-hybridized carbons (Fsp3) is 0.250. The maximum absolute atomic E-state index is 14.0. The van der Waals surface area contributed by atoms with E-state index in [1.807, 2.05) is 30.3 Å². The molecule has 0 spiro atoms. The number of alkyl halides is 3. The van der Waals surface area contributed by atoms with Crippen molar-refractivity contribution in [2.24, 2.45) is 5.73 Å². The molecular weight excluding hydrogens is 471 g/mol. The minimum absolute atomic E-state index is 0. The van der Waals surface area contributed by atoms with Gasteiger partial charge in [0.25, 0.3) is 0 Å². The monoisotopic (exact) mass is 491 g/mol. The highest BCUT2D eigenvalue weighted by molar-refractivity contribution is 7.98. The van der Waals surface area contributed by atoms with Crippen LogP contribution in [0.25, 0.3) is 33.6 Å². The van der Waals surface area contributed by atoms with Gasteiger partial charge in [-0.05, 0) is 36.6 Å². The summed E-state index contributed by atoms with van der Waals surface area (Å²) in [6.07, 6.45) is -0.0827. The summed E-state index contributed by atoms with van der Waals surface area (Å²) in [5.74, 6) is 0.329. The lowest BCUT2D eigenvalue weighted by atomic mass is 9.72. The smallest absolute Gasteiger partial charge is 0.434 e. The number of rotatable bonds is 4.